The van der Waals surface area contributed by atoms with Gasteiger partial charge in [0, 0.05) is 23.7 Å². The van der Waals surface area contributed by atoms with E-state index in [-0.39, 0.29) is 6.04 Å². The molecule has 0 aliphatic carbocycles. The number of nitrogens with zero attached hydrogens (tertiary/aromatic N) is 3. The zero-order valence-electron chi connectivity index (χ0n) is 22.3. The summed E-state index contributed by atoms with van der Waals surface area (Å²) in [7, 11) is 0. The zero-order valence-corrected chi connectivity index (χ0v) is 23.1. The first-order valence-corrected chi connectivity index (χ1v) is 13.5. The second-order valence-electron chi connectivity index (χ2n) is 10.6. The number of rotatable bonds is 4. The molecule has 1 fully saturated rings. The first-order chi connectivity index (χ1) is 18.0. The van der Waals surface area contributed by atoms with E-state index in [1.807, 2.05) is 29.6 Å². The van der Waals surface area contributed by atoms with Crippen LogP contribution in [-0.4, -0.2) is 44.9 Å². The van der Waals surface area contributed by atoms with Gasteiger partial charge in [-0.3, -0.25) is 14.9 Å². The molecule has 4 rings (SSSR count). The van der Waals surface area contributed by atoms with Crippen LogP contribution in [0.1, 0.15) is 57.7 Å². The molecule has 200 valence electrons. The highest BCUT2D eigenvalue weighted by atomic mass is 32.1. The third-order valence-corrected chi connectivity index (χ3v) is 7.02. The molecule has 1 aliphatic rings. The van der Waals surface area contributed by atoms with Gasteiger partial charge in [-0.05, 0) is 63.6 Å². The van der Waals surface area contributed by atoms with Crippen LogP contribution < -0.4 is 10.6 Å². The molecular formula is C28H33N5O4S. The van der Waals surface area contributed by atoms with Gasteiger partial charge in [-0.2, -0.15) is 0 Å². The third kappa shape index (κ3) is 6.74. The summed E-state index contributed by atoms with van der Waals surface area (Å²) in [5.74, 6) is -0.703. The summed E-state index contributed by atoms with van der Waals surface area (Å²) >= 11 is 1.57. The summed E-state index contributed by atoms with van der Waals surface area (Å²) in [5.41, 5.74) is 2.36. The smallest absolute Gasteiger partial charge is 0.413 e. The van der Waals surface area contributed by atoms with E-state index < -0.39 is 23.5 Å². The van der Waals surface area contributed by atoms with E-state index in [9.17, 15) is 14.4 Å². The summed E-state index contributed by atoms with van der Waals surface area (Å²) in [5, 5.41) is 8.15. The number of hydrogen-bond acceptors (Lipinski definition) is 7. The number of hydrogen-bond donors (Lipinski definition) is 2. The summed E-state index contributed by atoms with van der Waals surface area (Å²) in [4.78, 5) is 48.6. The number of nitrogens with one attached hydrogen (secondary N) is 2. The Bertz CT molecular complexity index is 1300. The van der Waals surface area contributed by atoms with Crippen molar-refractivity contribution in [3.63, 3.8) is 0 Å². The predicted octanol–water partition coefficient (Wildman–Crippen LogP) is 5.80. The van der Waals surface area contributed by atoms with Crippen LogP contribution in [0.5, 0.6) is 0 Å². The van der Waals surface area contributed by atoms with Crippen molar-refractivity contribution in [3.8, 4) is 10.6 Å². The van der Waals surface area contributed by atoms with Gasteiger partial charge < -0.3 is 15.0 Å². The Hall–Kier alpha value is -3.79. The van der Waals surface area contributed by atoms with Gasteiger partial charge in [0.1, 0.15) is 16.4 Å². The molecule has 0 unspecified atom stereocenters. The molecule has 3 aromatic rings. The zero-order chi connectivity index (χ0) is 27.4. The van der Waals surface area contributed by atoms with E-state index in [4.69, 9.17) is 4.74 Å². The van der Waals surface area contributed by atoms with Crippen molar-refractivity contribution in [3.05, 3.63) is 59.2 Å². The Morgan fingerprint density at radius 1 is 1.08 bits per heavy atom. The number of carbonyl (C=O) groups is 3. The average molecular weight is 536 g/mol. The maximum atomic E-state index is 13.3. The second kappa shape index (κ2) is 11.3. The van der Waals surface area contributed by atoms with Crippen molar-refractivity contribution >= 4 is 40.7 Å². The van der Waals surface area contributed by atoms with E-state index in [0.29, 0.717) is 29.5 Å². The molecular weight excluding hydrogens is 502 g/mol. The third-order valence-electron chi connectivity index (χ3n) is 6.20. The number of aromatic nitrogens is 2. The van der Waals surface area contributed by atoms with Crippen LogP contribution in [-0.2, 0) is 14.3 Å². The Balaban J connectivity index is 1.44. The van der Waals surface area contributed by atoms with Gasteiger partial charge in [0.15, 0.2) is 0 Å². The van der Waals surface area contributed by atoms with Crippen LogP contribution in [0.15, 0.2) is 48.1 Å². The number of likely N-dealkylation sites (tertiary alicyclic amines) is 1. The number of anilines is 2. The second-order valence-corrected chi connectivity index (χ2v) is 11.5. The molecule has 38 heavy (non-hydrogen) atoms. The maximum absolute atomic E-state index is 13.3. The highest BCUT2D eigenvalue weighted by Crippen LogP contribution is 2.35. The van der Waals surface area contributed by atoms with Gasteiger partial charge in [-0.1, -0.05) is 31.2 Å². The minimum absolute atomic E-state index is 0.185. The fraction of sp³-hybridized carbons (Fsp3) is 0.393. The molecule has 1 saturated heterocycles. The molecule has 0 saturated carbocycles. The Labute approximate surface area is 226 Å². The first kappa shape index (κ1) is 27.3. The van der Waals surface area contributed by atoms with Crippen molar-refractivity contribution < 1.29 is 19.1 Å². The van der Waals surface area contributed by atoms with E-state index in [1.165, 1.54) is 6.20 Å². The van der Waals surface area contributed by atoms with E-state index in [0.717, 1.165) is 29.0 Å². The summed E-state index contributed by atoms with van der Waals surface area (Å²) < 4.78 is 5.26. The maximum Gasteiger partial charge on any atom is 0.413 e. The highest BCUT2D eigenvalue weighted by Gasteiger charge is 2.34. The normalized spacial score (nSPS) is 17.6. The number of thiazole rings is 1. The number of pyridine rings is 1. The van der Waals surface area contributed by atoms with Crippen molar-refractivity contribution in [2.45, 2.75) is 59.1 Å². The van der Waals surface area contributed by atoms with Crippen LogP contribution >= 0.6 is 11.3 Å². The van der Waals surface area contributed by atoms with Gasteiger partial charge in [0.2, 0.25) is 0 Å². The van der Waals surface area contributed by atoms with Gasteiger partial charge in [-0.25, -0.2) is 14.8 Å². The van der Waals surface area contributed by atoms with Crippen molar-refractivity contribution in [2.75, 3.05) is 17.2 Å². The standard InChI is InChI=1S/C28H33N5O4S/c1-17-6-11-22(19-7-9-20(10-8-19)25-29-12-13-38-25)33(16-17)26(35)24(34)31-21-14-18(2)23(30-15-21)32-27(36)37-28(3,4)5/h7-10,12-15,17,22H,6,11,16H2,1-5H3,(H,31,34)(H,30,32,36)/t17-,22+/m0/s1. The van der Waals surface area contributed by atoms with Gasteiger partial charge in [0.25, 0.3) is 0 Å². The molecule has 3 heterocycles. The molecule has 1 aromatic carbocycles. The van der Waals surface area contributed by atoms with E-state index in [2.05, 4.69) is 27.5 Å². The summed E-state index contributed by atoms with van der Waals surface area (Å²) in [6.07, 6.45) is 4.31. The minimum Gasteiger partial charge on any atom is -0.444 e. The number of benzene rings is 1. The number of carbonyl (C=O) groups excluding carboxylic acids is 3. The quantitative estimate of drug-likeness (QED) is 0.408. The highest BCUT2D eigenvalue weighted by molar-refractivity contribution is 7.13. The van der Waals surface area contributed by atoms with Crippen LogP contribution in [0.3, 0.4) is 0 Å². The molecule has 0 spiro atoms. The SMILES string of the molecule is Cc1cc(NC(=O)C(=O)N2C[C@@H](C)CC[C@@H]2c2ccc(-c3nccs3)cc2)cnc1NC(=O)OC(C)(C)C. The Morgan fingerprint density at radius 2 is 1.82 bits per heavy atom. The largest absolute Gasteiger partial charge is 0.444 e. The molecule has 2 atom stereocenters. The molecule has 10 heteroatoms. The van der Waals surface area contributed by atoms with E-state index in [1.54, 1.807) is 56.2 Å². The van der Waals surface area contributed by atoms with Gasteiger partial charge in [-0.15, -0.1) is 11.3 Å². The predicted molar refractivity (Wildman–Crippen MR) is 148 cm³/mol. The molecule has 2 N–H and O–H groups in total. The molecule has 1 aliphatic heterocycles. The van der Waals surface area contributed by atoms with Gasteiger partial charge >= 0.3 is 17.9 Å². The number of ether oxygens (including phenoxy) is 1. The fourth-order valence-corrected chi connectivity index (χ4v) is 5.07. The lowest BCUT2D eigenvalue weighted by Gasteiger charge is -2.38. The van der Waals surface area contributed by atoms with Crippen LogP contribution in [0.4, 0.5) is 16.3 Å². The molecule has 2 aromatic heterocycles. The van der Waals surface area contributed by atoms with Crippen molar-refractivity contribution in [1.29, 1.82) is 0 Å². The number of aryl methyl sites for hydroxylation is 1. The van der Waals surface area contributed by atoms with Crippen LogP contribution in [0.25, 0.3) is 10.6 Å². The Morgan fingerprint density at radius 3 is 2.45 bits per heavy atom. The number of piperidine rings is 1. The summed E-state index contributed by atoms with van der Waals surface area (Å²) in [6.45, 7) is 9.65. The lowest BCUT2D eigenvalue weighted by molar-refractivity contribution is -0.146. The molecule has 3 amide bonds. The summed E-state index contributed by atoms with van der Waals surface area (Å²) in [6, 6.07) is 9.51. The topological polar surface area (TPSA) is 114 Å². The molecule has 0 bridgehead atoms. The van der Waals surface area contributed by atoms with E-state index >= 15 is 0 Å². The average Bonchev–Trinajstić information content (AvgIpc) is 3.39. The van der Waals surface area contributed by atoms with Gasteiger partial charge in [0.05, 0.1) is 17.9 Å². The minimum atomic E-state index is -0.724. The van der Waals surface area contributed by atoms with Crippen LogP contribution in [0, 0.1) is 12.8 Å². The monoisotopic (exact) mass is 535 g/mol. The van der Waals surface area contributed by atoms with Crippen molar-refractivity contribution in [2.24, 2.45) is 5.92 Å². The van der Waals surface area contributed by atoms with Crippen molar-refractivity contribution in [1.82, 2.24) is 14.9 Å². The molecule has 0 radical (unpaired) electrons. The lowest BCUT2D eigenvalue weighted by Crippen LogP contribution is -2.46. The first-order valence-electron chi connectivity index (χ1n) is 12.6. The number of amides is 3. The Kier molecular flexibility index (Phi) is 8.11. The van der Waals surface area contributed by atoms with Crippen LogP contribution in [0.2, 0.25) is 0 Å². The lowest BCUT2D eigenvalue weighted by atomic mass is 9.89. The fourth-order valence-electron chi connectivity index (χ4n) is 4.43. The molecule has 9 nitrogen and oxygen atoms in total.